The van der Waals surface area contributed by atoms with Crippen LogP contribution in [0.15, 0.2) is 54.6 Å². The Bertz CT molecular complexity index is 874. The highest BCUT2D eigenvalue weighted by Crippen LogP contribution is 2.16. The van der Waals surface area contributed by atoms with Gasteiger partial charge in [-0.15, -0.1) is 0 Å². The van der Waals surface area contributed by atoms with Gasteiger partial charge in [0.05, 0.1) is 11.6 Å². The van der Waals surface area contributed by atoms with Crippen LogP contribution < -0.4 is 10.1 Å². The zero-order chi connectivity index (χ0) is 20.4. The average molecular weight is 380 g/mol. The number of ether oxygens (including phenoxy) is 2. The van der Waals surface area contributed by atoms with Crippen molar-refractivity contribution in [2.24, 2.45) is 0 Å². The topological polar surface area (TPSA) is 105 Å². The second-order valence-corrected chi connectivity index (χ2v) is 5.98. The smallest absolute Gasteiger partial charge is 0.344 e. The minimum Gasteiger partial charge on any atom is -0.481 e. The molecule has 2 aromatic rings. The number of rotatable bonds is 9. The van der Waals surface area contributed by atoms with E-state index in [1.807, 2.05) is 36.4 Å². The second-order valence-electron chi connectivity index (χ2n) is 5.98. The van der Waals surface area contributed by atoms with Crippen LogP contribution in [-0.4, -0.2) is 36.9 Å². The Balaban J connectivity index is 1.79. The van der Waals surface area contributed by atoms with Gasteiger partial charge in [0, 0.05) is 0 Å². The van der Waals surface area contributed by atoms with Gasteiger partial charge in [0.25, 0.3) is 5.91 Å². The first-order chi connectivity index (χ1) is 13.5. The minimum atomic E-state index is -0.759. The number of benzene rings is 2. The zero-order valence-electron chi connectivity index (χ0n) is 15.4. The Kier molecular flexibility index (Phi) is 7.73. The molecule has 0 spiro atoms. The number of nitrogens with one attached hydrogen (secondary N) is 1. The van der Waals surface area contributed by atoms with Crippen LogP contribution in [-0.2, 0) is 25.5 Å². The quantitative estimate of drug-likeness (QED) is 0.665. The summed E-state index contributed by atoms with van der Waals surface area (Å²) < 4.78 is 10.1. The van der Waals surface area contributed by atoms with Gasteiger partial charge in [-0.1, -0.05) is 42.5 Å². The molecule has 0 fully saturated rings. The maximum absolute atomic E-state index is 12.0. The van der Waals surface area contributed by atoms with Gasteiger partial charge in [-0.25, -0.2) is 4.79 Å². The molecule has 28 heavy (non-hydrogen) atoms. The summed E-state index contributed by atoms with van der Waals surface area (Å²) in [7, 11) is 0. The largest absolute Gasteiger partial charge is 0.481 e. The molecule has 0 saturated carbocycles. The number of hydrogen-bond donors (Lipinski definition) is 1. The fourth-order valence-electron chi connectivity index (χ4n) is 2.39. The number of ketones is 1. The molecular formula is C21H20N2O5. The fraction of sp³-hybridized carbons (Fsp3) is 0.238. The third-order valence-corrected chi connectivity index (χ3v) is 3.83. The summed E-state index contributed by atoms with van der Waals surface area (Å²) in [6.45, 7) is 0.424. The number of nitriles is 1. The fourth-order valence-corrected chi connectivity index (χ4v) is 2.39. The van der Waals surface area contributed by atoms with Crippen LogP contribution in [0.3, 0.4) is 0 Å². The van der Waals surface area contributed by atoms with Gasteiger partial charge >= 0.3 is 5.97 Å². The van der Waals surface area contributed by atoms with Crippen LogP contribution in [0, 0.1) is 11.3 Å². The average Bonchev–Trinajstić information content (AvgIpc) is 2.71. The lowest BCUT2D eigenvalue weighted by Crippen LogP contribution is -2.43. The van der Waals surface area contributed by atoms with Gasteiger partial charge in [-0.05, 0) is 31.0 Å². The van der Waals surface area contributed by atoms with Crippen molar-refractivity contribution in [3.63, 3.8) is 0 Å². The number of hydrogen-bond acceptors (Lipinski definition) is 6. The molecule has 1 amide bonds. The van der Waals surface area contributed by atoms with Gasteiger partial charge in [-0.2, -0.15) is 5.26 Å². The number of carbonyl (C=O) groups is 3. The Morgan fingerprint density at radius 1 is 1.04 bits per heavy atom. The van der Waals surface area contributed by atoms with E-state index in [4.69, 9.17) is 14.7 Å². The molecule has 2 rings (SSSR count). The van der Waals surface area contributed by atoms with Crippen LogP contribution >= 0.6 is 0 Å². The number of Topliss-reactive ketones (excluding diaryl/α,β-unsaturated/α-hetero) is 1. The lowest BCUT2D eigenvalue weighted by molar-refractivity contribution is -0.150. The maximum atomic E-state index is 12.0. The summed E-state index contributed by atoms with van der Waals surface area (Å²) in [5.74, 6) is -1.28. The first-order valence-corrected chi connectivity index (χ1v) is 8.61. The predicted molar refractivity (Wildman–Crippen MR) is 100 cm³/mol. The van der Waals surface area contributed by atoms with E-state index in [1.54, 1.807) is 24.3 Å². The lowest BCUT2D eigenvalue weighted by atomic mass is 10.0. The monoisotopic (exact) mass is 380 g/mol. The Morgan fingerprint density at radius 2 is 1.71 bits per heavy atom. The van der Waals surface area contributed by atoms with E-state index in [2.05, 4.69) is 5.32 Å². The van der Waals surface area contributed by atoms with Gasteiger partial charge < -0.3 is 14.8 Å². The number of esters is 1. The van der Waals surface area contributed by atoms with Crippen LogP contribution in [0.25, 0.3) is 0 Å². The Labute approximate surface area is 162 Å². The highest BCUT2D eigenvalue weighted by Gasteiger charge is 2.18. The van der Waals surface area contributed by atoms with Crippen LogP contribution in [0.4, 0.5) is 0 Å². The number of para-hydroxylation sites is 1. The third-order valence-electron chi connectivity index (χ3n) is 3.83. The van der Waals surface area contributed by atoms with Crippen molar-refractivity contribution in [3.8, 4) is 11.8 Å². The van der Waals surface area contributed by atoms with Crippen molar-refractivity contribution in [1.82, 2.24) is 5.32 Å². The second kappa shape index (κ2) is 10.5. The molecule has 0 heterocycles. The predicted octanol–water partition coefficient (Wildman–Crippen LogP) is 1.80. The van der Waals surface area contributed by atoms with E-state index < -0.39 is 31.1 Å². The highest BCUT2D eigenvalue weighted by atomic mass is 16.6. The van der Waals surface area contributed by atoms with E-state index in [1.165, 1.54) is 6.92 Å². The molecule has 0 bridgehead atoms. The van der Waals surface area contributed by atoms with E-state index in [0.717, 1.165) is 5.56 Å². The molecule has 0 aliphatic heterocycles. The van der Waals surface area contributed by atoms with E-state index >= 15 is 0 Å². The molecule has 0 radical (unpaired) electrons. The first-order valence-electron chi connectivity index (χ1n) is 8.61. The molecule has 1 atom stereocenters. The molecule has 0 aliphatic rings. The van der Waals surface area contributed by atoms with Gasteiger partial charge in [0.2, 0.25) is 0 Å². The SMILES string of the molecule is CC(=O)[C@@H](Cc1ccccc1)NC(=O)COC(=O)COc1ccccc1C#N. The third kappa shape index (κ3) is 6.57. The van der Waals surface area contributed by atoms with Gasteiger partial charge in [-0.3, -0.25) is 9.59 Å². The number of carbonyl (C=O) groups excluding carboxylic acids is 3. The van der Waals surface area contributed by atoms with E-state index in [-0.39, 0.29) is 11.5 Å². The van der Waals surface area contributed by atoms with Crippen molar-refractivity contribution in [3.05, 3.63) is 65.7 Å². The summed E-state index contributed by atoms with van der Waals surface area (Å²) in [4.78, 5) is 35.5. The standard InChI is InChI=1S/C21H20N2O5/c1-15(24)18(11-16-7-3-2-4-8-16)23-20(25)13-28-21(26)14-27-19-10-6-5-9-17(19)12-22/h2-10,18H,11,13-14H2,1H3,(H,23,25)/t18-/m1/s1. The maximum Gasteiger partial charge on any atom is 0.344 e. The van der Waals surface area contributed by atoms with Crippen molar-refractivity contribution < 1.29 is 23.9 Å². The summed E-state index contributed by atoms with van der Waals surface area (Å²) >= 11 is 0. The molecule has 0 aromatic heterocycles. The number of amides is 1. The summed E-state index contributed by atoms with van der Waals surface area (Å²) in [6.07, 6.45) is 0.351. The molecular weight excluding hydrogens is 360 g/mol. The normalized spacial score (nSPS) is 11.0. The summed E-state index contributed by atoms with van der Waals surface area (Å²) in [6, 6.07) is 17.0. The van der Waals surface area contributed by atoms with Gasteiger partial charge in [0.15, 0.2) is 19.0 Å². The molecule has 7 heteroatoms. The Hall–Kier alpha value is -3.66. The first kappa shape index (κ1) is 20.6. The molecule has 144 valence electrons. The molecule has 0 saturated heterocycles. The minimum absolute atomic E-state index is 0.194. The molecule has 1 N–H and O–H groups in total. The van der Waals surface area contributed by atoms with Gasteiger partial charge in [0.1, 0.15) is 11.8 Å². The molecule has 2 aromatic carbocycles. The summed E-state index contributed by atoms with van der Waals surface area (Å²) in [5, 5.41) is 11.5. The highest BCUT2D eigenvalue weighted by molar-refractivity contribution is 5.88. The molecule has 0 aliphatic carbocycles. The molecule has 7 nitrogen and oxygen atoms in total. The lowest BCUT2D eigenvalue weighted by Gasteiger charge is -2.16. The van der Waals surface area contributed by atoms with Crippen molar-refractivity contribution in [1.29, 1.82) is 5.26 Å². The van der Waals surface area contributed by atoms with E-state index in [0.29, 0.717) is 12.0 Å². The van der Waals surface area contributed by atoms with E-state index in [9.17, 15) is 14.4 Å². The van der Waals surface area contributed by atoms with Crippen molar-refractivity contribution in [2.45, 2.75) is 19.4 Å². The van der Waals surface area contributed by atoms with Crippen LogP contribution in [0.5, 0.6) is 5.75 Å². The van der Waals surface area contributed by atoms with Crippen LogP contribution in [0.2, 0.25) is 0 Å². The summed E-state index contributed by atoms with van der Waals surface area (Å²) in [5.41, 5.74) is 1.20. The number of nitrogens with zero attached hydrogens (tertiary/aromatic N) is 1. The zero-order valence-corrected chi connectivity index (χ0v) is 15.4. The van der Waals surface area contributed by atoms with Crippen molar-refractivity contribution >= 4 is 17.7 Å². The van der Waals surface area contributed by atoms with Crippen LogP contribution in [0.1, 0.15) is 18.1 Å². The molecule has 0 unspecified atom stereocenters. The Morgan fingerprint density at radius 3 is 2.39 bits per heavy atom. The van der Waals surface area contributed by atoms with Crippen molar-refractivity contribution in [2.75, 3.05) is 13.2 Å².